The minimum atomic E-state index is -4.57. The Kier molecular flexibility index (Phi) is 5.94. The first-order chi connectivity index (χ1) is 13.7. The number of amides is 1. The van der Waals surface area contributed by atoms with Crippen molar-refractivity contribution in [3.8, 4) is 0 Å². The minimum absolute atomic E-state index is 0.0723. The van der Waals surface area contributed by atoms with Crippen LogP contribution in [-0.4, -0.2) is 31.6 Å². The Morgan fingerprint density at radius 2 is 2.00 bits per heavy atom. The van der Waals surface area contributed by atoms with Gasteiger partial charge in [0.05, 0.1) is 23.6 Å². The van der Waals surface area contributed by atoms with E-state index >= 15 is 0 Å². The topological polar surface area (TPSA) is 88.6 Å². The summed E-state index contributed by atoms with van der Waals surface area (Å²) in [7, 11) is 0. The van der Waals surface area contributed by atoms with Crippen molar-refractivity contribution in [1.82, 2.24) is 14.0 Å². The van der Waals surface area contributed by atoms with Crippen molar-refractivity contribution in [3.05, 3.63) is 63.3 Å². The van der Waals surface area contributed by atoms with Crippen molar-refractivity contribution in [2.45, 2.75) is 25.6 Å². The van der Waals surface area contributed by atoms with Gasteiger partial charge in [-0.15, -0.1) is 0 Å². The van der Waals surface area contributed by atoms with E-state index in [1.165, 1.54) is 39.6 Å². The summed E-state index contributed by atoms with van der Waals surface area (Å²) in [6.45, 7) is -0.262. The Labute approximate surface area is 167 Å². The maximum Gasteiger partial charge on any atom is 0.417 e. The number of carbonyl (C=O) groups is 1. The third-order valence-electron chi connectivity index (χ3n) is 4.21. The van der Waals surface area contributed by atoms with E-state index in [0.29, 0.717) is 11.2 Å². The van der Waals surface area contributed by atoms with Gasteiger partial charge in [-0.3, -0.25) is 9.36 Å². The van der Waals surface area contributed by atoms with Gasteiger partial charge in [-0.2, -0.15) is 13.2 Å². The van der Waals surface area contributed by atoms with Crippen LogP contribution in [0.25, 0.3) is 5.65 Å². The average molecular weight is 429 g/mol. The van der Waals surface area contributed by atoms with Crippen LogP contribution >= 0.6 is 11.6 Å². The van der Waals surface area contributed by atoms with E-state index in [2.05, 4.69) is 10.3 Å². The number of nitrogens with one attached hydrogen (secondary N) is 1. The quantitative estimate of drug-likeness (QED) is 0.632. The largest absolute Gasteiger partial charge is 0.417 e. The lowest BCUT2D eigenvalue weighted by atomic mass is 10.1. The molecule has 2 heterocycles. The Morgan fingerprint density at radius 3 is 2.69 bits per heavy atom. The van der Waals surface area contributed by atoms with E-state index < -0.39 is 28.4 Å². The molecule has 0 bridgehead atoms. The summed E-state index contributed by atoms with van der Waals surface area (Å²) in [6, 6.07) is 6.62. The zero-order chi connectivity index (χ0) is 21.2. The van der Waals surface area contributed by atoms with Crippen LogP contribution in [0.4, 0.5) is 19.0 Å². The van der Waals surface area contributed by atoms with Gasteiger partial charge in [0.1, 0.15) is 17.8 Å². The molecular weight excluding hydrogens is 413 g/mol. The average Bonchev–Trinajstić information content (AvgIpc) is 3.05. The van der Waals surface area contributed by atoms with Gasteiger partial charge in [-0.05, 0) is 36.2 Å². The summed E-state index contributed by atoms with van der Waals surface area (Å²) >= 11 is 5.62. The fourth-order valence-electron chi connectivity index (χ4n) is 2.79. The number of halogens is 4. The SMILES string of the molecule is O=C(CCO)Nc1ccc2ncn(CCc3ccc(Cl)c(C(F)(F)F)c3)c(=O)n12. The number of aromatic nitrogens is 3. The van der Waals surface area contributed by atoms with Crippen LogP contribution in [0.2, 0.25) is 5.02 Å². The highest BCUT2D eigenvalue weighted by Gasteiger charge is 2.33. The van der Waals surface area contributed by atoms with Gasteiger partial charge in [-0.25, -0.2) is 14.2 Å². The van der Waals surface area contributed by atoms with Crippen LogP contribution < -0.4 is 11.0 Å². The van der Waals surface area contributed by atoms with Crippen molar-refractivity contribution in [1.29, 1.82) is 0 Å². The molecule has 0 saturated heterocycles. The van der Waals surface area contributed by atoms with Crippen LogP contribution in [0.3, 0.4) is 0 Å². The van der Waals surface area contributed by atoms with Gasteiger partial charge in [0.2, 0.25) is 5.91 Å². The lowest BCUT2D eigenvalue weighted by Crippen LogP contribution is -2.29. The van der Waals surface area contributed by atoms with Crippen molar-refractivity contribution in [3.63, 3.8) is 0 Å². The van der Waals surface area contributed by atoms with Crippen molar-refractivity contribution < 1.29 is 23.1 Å². The molecule has 7 nitrogen and oxygen atoms in total. The number of aryl methyl sites for hydroxylation is 2. The van der Waals surface area contributed by atoms with Crippen LogP contribution in [0, 0.1) is 0 Å². The Morgan fingerprint density at radius 1 is 1.24 bits per heavy atom. The first-order valence-corrected chi connectivity index (χ1v) is 8.91. The van der Waals surface area contributed by atoms with Crippen LogP contribution in [0.5, 0.6) is 0 Å². The molecule has 0 aliphatic rings. The normalized spacial score (nSPS) is 11.8. The van der Waals surface area contributed by atoms with E-state index in [1.807, 2.05) is 0 Å². The Hall–Kier alpha value is -2.85. The number of carbonyl (C=O) groups excluding carboxylic acids is 1. The molecule has 29 heavy (non-hydrogen) atoms. The summed E-state index contributed by atoms with van der Waals surface area (Å²) in [5, 5.41) is 10.9. The Balaban J connectivity index is 1.85. The molecule has 0 fully saturated rings. The predicted molar refractivity (Wildman–Crippen MR) is 99.9 cm³/mol. The molecule has 2 aromatic heterocycles. The molecule has 11 heteroatoms. The fourth-order valence-corrected chi connectivity index (χ4v) is 3.01. The number of nitrogens with zero attached hydrogens (tertiary/aromatic N) is 3. The summed E-state index contributed by atoms with van der Waals surface area (Å²) in [4.78, 5) is 28.5. The number of hydrogen-bond acceptors (Lipinski definition) is 4. The number of anilines is 1. The monoisotopic (exact) mass is 428 g/mol. The molecule has 0 unspecified atom stereocenters. The lowest BCUT2D eigenvalue weighted by Gasteiger charge is -2.12. The van der Waals surface area contributed by atoms with Gasteiger partial charge < -0.3 is 10.4 Å². The molecule has 154 valence electrons. The third-order valence-corrected chi connectivity index (χ3v) is 4.54. The van der Waals surface area contributed by atoms with E-state index in [4.69, 9.17) is 16.7 Å². The first kappa shape index (κ1) is 20.9. The number of benzene rings is 1. The molecule has 3 aromatic rings. The van der Waals surface area contributed by atoms with Crippen molar-refractivity contribution in [2.75, 3.05) is 11.9 Å². The molecule has 0 aliphatic carbocycles. The fraction of sp³-hybridized carbons (Fsp3) is 0.278. The molecule has 3 rings (SSSR count). The molecule has 1 aromatic carbocycles. The summed E-state index contributed by atoms with van der Waals surface area (Å²) < 4.78 is 41.4. The van der Waals surface area contributed by atoms with Crippen LogP contribution in [0.15, 0.2) is 41.5 Å². The maximum absolute atomic E-state index is 13.0. The molecule has 0 aliphatic heterocycles. The molecule has 0 saturated carbocycles. The zero-order valence-electron chi connectivity index (χ0n) is 14.9. The molecule has 1 amide bonds. The van der Waals surface area contributed by atoms with Crippen LogP contribution in [0.1, 0.15) is 17.5 Å². The summed E-state index contributed by atoms with van der Waals surface area (Å²) in [5.74, 6) is -0.278. The smallest absolute Gasteiger partial charge is 0.396 e. The van der Waals surface area contributed by atoms with Gasteiger partial charge in [0, 0.05) is 6.54 Å². The molecule has 2 N–H and O–H groups in total. The zero-order valence-corrected chi connectivity index (χ0v) is 15.7. The number of rotatable bonds is 6. The first-order valence-electron chi connectivity index (χ1n) is 8.54. The van der Waals surface area contributed by atoms with Gasteiger partial charge in [0.25, 0.3) is 0 Å². The van der Waals surface area contributed by atoms with E-state index in [-0.39, 0.29) is 31.8 Å². The highest BCUT2D eigenvalue weighted by Crippen LogP contribution is 2.35. The van der Waals surface area contributed by atoms with E-state index in [1.54, 1.807) is 0 Å². The number of fused-ring (bicyclic) bond motifs is 1. The molecule has 0 radical (unpaired) electrons. The van der Waals surface area contributed by atoms with Gasteiger partial charge in [-0.1, -0.05) is 17.7 Å². The second kappa shape index (κ2) is 8.26. The highest BCUT2D eigenvalue weighted by atomic mass is 35.5. The third kappa shape index (κ3) is 4.60. The second-order valence-corrected chi connectivity index (χ2v) is 6.62. The number of hydrogen-bond donors (Lipinski definition) is 2. The summed E-state index contributed by atoms with van der Waals surface area (Å²) in [6.07, 6.45) is -3.27. The molecule has 0 atom stereocenters. The van der Waals surface area contributed by atoms with E-state index in [0.717, 1.165) is 6.07 Å². The lowest BCUT2D eigenvalue weighted by molar-refractivity contribution is -0.137. The number of aliphatic hydroxyl groups excluding tert-OH is 1. The maximum atomic E-state index is 13.0. The van der Waals surface area contributed by atoms with E-state index in [9.17, 15) is 22.8 Å². The standard InChI is InChI=1S/C18H16ClF3N4O3/c19-13-2-1-11(9-12(13)18(20,21)22)5-7-25-10-23-14-3-4-15(26(14)17(25)29)24-16(28)6-8-27/h1-4,9-10,27H,5-8H2,(H,24,28). The number of alkyl halides is 3. The van der Waals surface area contributed by atoms with Gasteiger partial charge in [0.15, 0.2) is 0 Å². The second-order valence-electron chi connectivity index (χ2n) is 6.22. The predicted octanol–water partition coefficient (Wildman–Crippen LogP) is 2.73. The molecular formula is C18H16ClF3N4O3. The Bertz CT molecular complexity index is 1110. The number of aliphatic hydroxyl groups is 1. The summed E-state index contributed by atoms with van der Waals surface area (Å²) in [5.41, 5.74) is -0.782. The van der Waals surface area contributed by atoms with Crippen molar-refractivity contribution >= 4 is 29.0 Å². The molecule has 0 spiro atoms. The minimum Gasteiger partial charge on any atom is -0.396 e. The highest BCUT2D eigenvalue weighted by molar-refractivity contribution is 6.31. The van der Waals surface area contributed by atoms with Crippen molar-refractivity contribution in [2.24, 2.45) is 0 Å². The van der Waals surface area contributed by atoms with Crippen LogP contribution in [-0.2, 0) is 23.9 Å². The van der Waals surface area contributed by atoms with Gasteiger partial charge >= 0.3 is 11.9 Å².